The first-order valence-corrected chi connectivity index (χ1v) is 9.06. The van der Waals surface area contributed by atoms with Crippen molar-refractivity contribution in [3.63, 3.8) is 0 Å². The highest BCUT2D eigenvalue weighted by Crippen LogP contribution is 2.31. The predicted octanol–water partition coefficient (Wildman–Crippen LogP) is 4.22. The van der Waals surface area contributed by atoms with E-state index in [2.05, 4.69) is 4.98 Å². The van der Waals surface area contributed by atoms with Crippen LogP contribution in [0.25, 0.3) is 10.6 Å². The molecule has 1 fully saturated rings. The molecule has 1 aliphatic rings. The molecule has 1 amide bonds. The van der Waals surface area contributed by atoms with E-state index in [0.717, 1.165) is 34.9 Å². The molecule has 25 heavy (non-hydrogen) atoms. The Hall–Kier alpha value is -2.60. The number of nitrogens with zero attached hydrogens (tertiary/aromatic N) is 2. The number of hydrogen-bond acceptors (Lipinski definition) is 5. The van der Waals surface area contributed by atoms with E-state index in [1.54, 1.807) is 13.4 Å². The highest BCUT2D eigenvalue weighted by molar-refractivity contribution is 7.13. The molecular formula is C19H18N2O3S. The van der Waals surface area contributed by atoms with Crippen LogP contribution in [0.3, 0.4) is 0 Å². The average Bonchev–Trinajstić information content (AvgIpc) is 3.15. The van der Waals surface area contributed by atoms with Crippen LogP contribution in [-0.4, -0.2) is 28.9 Å². The molecule has 0 N–H and O–H groups in total. The SMILES string of the molecule is COc1ccc(-c2nc(C(=O)N(Cc3ccco3)C3CC3)cs2)cc1. The largest absolute Gasteiger partial charge is 0.497 e. The third kappa shape index (κ3) is 3.44. The summed E-state index contributed by atoms with van der Waals surface area (Å²) < 4.78 is 10.6. The lowest BCUT2D eigenvalue weighted by atomic mass is 10.2. The second-order valence-electron chi connectivity index (χ2n) is 6.01. The molecule has 128 valence electrons. The van der Waals surface area contributed by atoms with Crippen molar-refractivity contribution >= 4 is 17.2 Å². The van der Waals surface area contributed by atoms with Gasteiger partial charge >= 0.3 is 0 Å². The summed E-state index contributed by atoms with van der Waals surface area (Å²) in [5, 5.41) is 2.67. The van der Waals surface area contributed by atoms with Gasteiger partial charge in [-0.05, 0) is 49.2 Å². The molecule has 0 saturated heterocycles. The van der Waals surface area contributed by atoms with Crippen LogP contribution in [0.4, 0.5) is 0 Å². The summed E-state index contributed by atoms with van der Waals surface area (Å²) in [6.45, 7) is 0.492. The average molecular weight is 354 g/mol. The van der Waals surface area contributed by atoms with Gasteiger partial charge in [0.05, 0.1) is 19.9 Å². The quantitative estimate of drug-likeness (QED) is 0.665. The number of methoxy groups -OCH3 is 1. The van der Waals surface area contributed by atoms with E-state index in [1.807, 2.05) is 46.7 Å². The summed E-state index contributed by atoms with van der Waals surface area (Å²) >= 11 is 1.48. The molecule has 2 aromatic heterocycles. The Kier molecular flexibility index (Phi) is 4.28. The number of amides is 1. The maximum atomic E-state index is 12.9. The molecule has 5 nitrogen and oxygen atoms in total. The fourth-order valence-electron chi connectivity index (χ4n) is 2.71. The Morgan fingerprint density at radius 3 is 2.76 bits per heavy atom. The van der Waals surface area contributed by atoms with Gasteiger partial charge in [-0.15, -0.1) is 11.3 Å². The zero-order chi connectivity index (χ0) is 17.2. The van der Waals surface area contributed by atoms with Crippen LogP contribution in [0.5, 0.6) is 5.75 Å². The summed E-state index contributed by atoms with van der Waals surface area (Å²) in [6.07, 6.45) is 3.72. The van der Waals surface area contributed by atoms with Crippen molar-refractivity contribution in [2.45, 2.75) is 25.4 Å². The molecule has 0 radical (unpaired) electrons. The van der Waals surface area contributed by atoms with Crippen LogP contribution < -0.4 is 4.74 Å². The van der Waals surface area contributed by atoms with Gasteiger partial charge in [-0.2, -0.15) is 0 Å². The zero-order valence-electron chi connectivity index (χ0n) is 13.8. The number of benzene rings is 1. The van der Waals surface area contributed by atoms with E-state index in [1.165, 1.54) is 11.3 Å². The van der Waals surface area contributed by atoms with Crippen LogP contribution in [-0.2, 0) is 6.54 Å². The van der Waals surface area contributed by atoms with Crippen molar-refractivity contribution in [3.8, 4) is 16.3 Å². The normalized spacial score (nSPS) is 13.6. The summed E-state index contributed by atoms with van der Waals surface area (Å²) in [7, 11) is 1.64. The van der Waals surface area contributed by atoms with E-state index in [9.17, 15) is 4.79 Å². The number of aromatic nitrogens is 1. The maximum absolute atomic E-state index is 12.9. The second kappa shape index (κ2) is 6.72. The number of furan rings is 1. The second-order valence-corrected chi connectivity index (χ2v) is 6.87. The minimum Gasteiger partial charge on any atom is -0.497 e. The Morgan fingerprint density at radius 1 is 1.32 bits per heavy atom. The van der Waals surface area contributed by atoms with Crippen molar-refractivity contribution in [1.29, 1.82) is 0 Å². The number of carbonyl (C=O) groups excluding carboxylic acids is 1. The first kappa shape index (κ1) is 15.9. The van der Waals surface area contributed by atoms with Crippen molar-refractivity contribution in [2.75, 3.05) is 7.11 Å². The Balaban J connectivity index is 1.54. The molecule has 0 atom stereocenters. The summed E-state index contributed by atoms with van der Waals surface area (Å²) in [5.41, 5.74) is 1.48. The van der Waals surface area contributed by atoms with Crippen LogP contribution in [0.15, 0.2) is 52.5 Å². The lowest BCUT2D eigenvalue weighted by molar-refractivity contribution is 0.0712. The van der Waals surface area contributed by atoms with Gasteiger partial charge in [0.1, 0.15) is 22.2 Å². The smallest absolute Gasteiger partial charge is 0.274 e. The molecule has 1 aromatic carbocycles. The van der Waals surface area contributed by atoms with Gasteiger partial charge in [0.15, 0.2) is 0 Å². The Labute approximate surface area is 149 Å². The minimum absolute atomic E-state index is 0.0325. The van der Waals surface area contributed by atoms with Crippen molar-refractivity contribution in [1.82, 2.24) is 9.88 Å². The van der Waals surface area contributed by atoms with Crippen molar-refractivity contribution in [2.24, 2.45) is 0 Å². The monoisotopic (exact) mass is 354 g/mol. The molecular weight excluding hydrogens is 336 g/mol. The molecule has 1 saturated carbocycles. The van der Waals surface area contributed by atoms with Gasteiger partial charge < -0.3 is 14.1 Å². The molecule has 0 aliphatic heterocycles. The molecule has 1 aliphatic carbocycles. The van der Waals surface area contributed by atoms with Gasteiger partial charge in [-0.1, -0.05) is 0 Å². The molecule has 6 heteroatoms. The fourth-order valence-corrected chi connectivity index (χ4v) is 3.51. The van der Waals surface area contributed by atoms with Crippen LogP contribution in [0.2, 0.25) is 0 Å². The Bertz CT molecular complexity index is 851. The van der Waals surface area contributed by atoms with E-state index >= 15 is 0 Å². The molecule has 3 aromatic rings. The standard InChI is InChI=1S/C19H18N2O3S/c1-23-15-8-4-13(5-9-15)18-20-17(12-25-18)19(22)21(14-6-7-14)11-16-3-2-10-24-16/h2-5,8-10,12,14H,6-7,11H2,1H3. The molecule has 0 unspecified atom stereocenters. The number of thiazole rings is 1. The molecule has 4 rings (SSSR count). The van der Waals surface area contributed by atoms with Crippen molar-refractivity contribution in [3.05, 3.63) is 59.5 Å². The van der Waals surface area contributed by atoms with Gasteiger partial charge in [0.25, 0.3) is 5.91 Å². The molecule has 0 bridgehead atoms. The van der Waals surface area contributed by atoms with Crippen molar-refractivity contribution < 1.29 is 13.9 Å². The first-order chi connectivity index (χ1) is 12.2. The number of carbonyl (C=O) groups is 1. The van der Waals surface area contributed by atoms with Crippen LogP contribution >= 0.6 is 11.3 Å². The number of hydrogen-bond donors (Lipinski definition) is 0. The summed E-state index contributed by atoms with van der Waals surface area (Å²) in [5.74, 6) is 1.57. The summed E-state index contributed by atoms with van der Waals surface area (Å²) in [6, 6.07) is 11.7. The highest BCUT2D eigenvalue weighted by Gasteiger charge is 2.34. The fraction of sp³-hybridized carbons (Fsp3) is 0.263. The van der Waals surface area contributed by atoms with Crippen LogP contribution in [0.1, 0.15) is 29.1 Å². The van der Waals surface area contributed by atoms with Gasteiger partial charge in [0, 0.05) is 17.0 Å². The van der Waals surface area contributed by atoms with E-state index in [0.29, 0.717) is 18.3 Å². The lowest BCUT2D eigenvalue weighted by Crippen LogP contribution is -2.32. The predicted molar refractivity (Wildman–Crippen MR) is 95.7 cm³/mol. The van der Waals surface area contributed by atoms with Crippen LogP contribution in [0, 0.1) is 0 Å². The third-order valence-corrected chi connectivity index (χ3v) is 5.11. The maximum Gasteiger partial charge on any atom is 0.274 e. The lowest BCUT2D eigenvalue weighted by Gasteiger charge is -2.20. The minimum atomic E-state index is -0.0325. The number of rotatable bonds is 6. The van der Waals surface area contributed by atoms with Gasteiger partial charge in [-0.3, -0.25) is 4.79 Å². The third-order valence-electron chi connectivity index (χ3n) is 4.22. The number of ether oxygens (including phenoxy) is 1. The summed E-state index contributed by atoms with van der Waals surface area (Å²) in [4.78, 5) is 19.3. The van der Waals surface area contributed by atoms with E-state index in [4.69, 9.17) is 9.15 Å². The van der Waals surface area contributed by atoms with E-state index in [-0.39, 0.29) is 5.91 Å². The van der Waals surface area contributed by atoms with Gasteiger partial charge in [-0.25, -0.2) is 4.98 Å². The van der Waals surface area contributed by atoms with E-state index < -0.39 is 0 Å². The van der Waals surface area contributed by atoms with Gasteiger partial charge in [0.2, 0.25) is 0 Å². The highest BCUT2D eigenvalue weighted by atomic mass is 32.1. The molecule has 2 heterocycles. The zero-order valence-corrected chi connectivity index (χ0v) is 14.7. The molecule has 0 spiro atoms. The first-order valence-electron chi connectivity index (χ1n) is 8.18. The topological polar surface area (TPSA) is 55.6 Å². The Morgan fingerprint density at radius 2 is 2.12 bits per heavy atom.